The fourth-order valence-corrected chi connectivity index (χ4v) is 6.56. The second kappa shape index (κ2) is 6.10. The highest BCUT2D eigenvalue weighted by molar-refractivity contribution is 6.12. The molecule has 0 unspecified atom stereocenters. The lowest BCUT2D eigenvalue weighted by Crippen LogP contribution is -1.95. The van der Waals surface area contributed by atoms with Crippen molar-refractivity contribution in [2.75, 3.05) is 0 Å². The van der Waals surface area contributed by atoms with Gasteiger partial charge in [-0.2, -0.15) is 0 Å². The van der Waals surface area contributed by atoms with Crippen LogP contribution in [0.3, 0.4) is 0 Å². The van der Waals surface area contributed by atoms with E-state index in [1.165, 1.54) is 50.0 Å². The molecule has 0 N–H and O–H groups in total. The average Bonchev–Trinajstić information content (AvgIpc) is 3.59. The van der Waals surface area contributed by atoms with Crippen molar-refractivity contribution in [3.63, 3.8) is 0 Å². The molecule has 4 aromatic heterocycles. The molecule has 7 aromatic rings. The second-order valence-electron chi connectivity index (χ2n) is 9.66. The topological polar surface area (TPSA) is 43.1 Å². The zero-order valence-electron chi connectivity index (χ0n) is 18.8. The molecule has 2 aliphatic carbocycles. The largest absolute Gasteiger partial charge is 0.290 e. The van der Waals surface area contributed by atoms with Gasteiger partial charge in [0.15, 0.2) is 0 Å². The number of pyridine rings is 3. The minimum absolute atomic E-state index is 0.923. The Morgan fingerprint density at radius 3 is 2.60 bits per heavy atom. The SMILES string of the molecule is c1ccc2c(c1)Cc1c-2ccc2c1-c1ccc3nc4c5cccnc5c5ccncc5n4c3c1C2. The van der Waals surface area contributed by atoms with Gasteiger partial charge in [0.25, 0.3) is 0 Å². The first-order chi connectivity index (χ1) is 17.4. The second-order valence-corrected chi connectivity index (χ2v) is 9.66. The molecule has 162 valence electrons. The number of benzene rings is 3. The van der Waals surface area contributed by atoms with E-state index in [4.69, 9.17) is 9.97 Å². The molecule has 0 amide bonds. The molecule has 4 heteroatoms. The van der Waals surface area contributed by atoms with Crippen LogP contribution in [-0.2, 0) is 12.8 Å². The van der Waals surface area contributed by atoms with Crippen LogP contribution in [0.5, 0.6) is 0 Å². The first kappa shape index (κ1) is 17.8. The maximum Gasteiger partial charge on any atom is 0.148 e. The van der Waals surface area contributed by atoms with E-state index in [2.05, 4.69) is 70.0 Å². The Kier molecular flexibility index (Phi) is 3.11. The first-order valence-corrected chi connectivity index (χ1v) is 12.0. The number of imidazole rings is 1. The summed E-state index contributed by atoms with van der Waals surface area (Å²) in [7, 11) is 0. The van der Waals surface area contributed by atoms with Crippen LogP contribution in [-0.4, -0.2) is 19.4 Å². The summed E-state index contributed by atoms with van der Waals surface area (Å²) in [6.45, 7) is 0. The van der Waals surface area contributed by atoms with Crippen molar-refractivity contribution < 1.29 is 0 Å². The number of nitrogens with zero attached hydrogens (tertiary/aromatic N) is 4. The molecule has 0 saturated carbocycles. The summed E-state index contributed by atoms with van der Waals surface area (Å²) in [4.78, 5) is 14.3. The monoisotopic (exact) mass is 446 g/mol. The smallest absolute Gasteiger partial charge is 0.148 e. The Balaban J connectivity index is 1.42. The van der Waals surface area contributed by atoms with E-state index in [1.54, 1.807) is 0 Å². The van der Waals surface area contributed by atoms with E-state index in [0.29, 0.717) is 0 Å². The Morgan fingerprint density at radius 1 is 0.686 bits per heavy atom. The Hall–Kier alpha value is -4.57. The summed E-state index contributed by atoms with van der Waals surface area (Å²) in [6, 6.07) is 24.2. The number of fused-ring (bicyclic) bond motifs is 16. The number of hydrogen-bond donors (Lipinski definition) is 0. The fraction of sp³-hybridized carbons (Fsp3) is 0.0645. The van der Waals surface area contributed by atoms with Gasteiger partial charge in [0.05, 0.1) is 28.3 Å². The van der Waals surface area contributed by atoms with Crippen LogP contribution in [0.2, 0.25) is 0 Å². The zero-order chi connectivity index (χ0) is 22.7. The molecule has 4 nitrogen and oxygen atoms in total. The number of hydrogen-bond acceptors (Lipinski definition) is 3. The quantitative estimate of drug-likeness (QED) is 0.243. The van der Waals surface area contributed by atoms with Crippen LogP contribution in [0, 0.1) is 0 Å². The molecule has 0 saturated heterocycles. The summed E-state index contributed by atoms with van der Waals surface area (Å²) in [5.74, 6) is 0. The molecule has 3 aromatic carbocycles. The highest BCUT2D eigenvalue weighted by atomic mass is 15.0. The maximum atomic E-state index is 5.13. The molecule has 0 spiro atoms. The first-order valence-electron chi connectivity index (χ1n) is 12.0. The van der Waals surface area contributed by atoms with E-state index in [0.717, 1.165) is 45.8 Å². The molecule has 9 rings (SSSR count). The lowest BCUT2D eigenvalue weighted by atomic mass is 9.95. The summed E-state index contributed by atoms with van der Waals surface area (Å²) in [5.41, 5.74) is 16.4. The van der Waals surface area contributed by atoms with Crippen molar-refractivity contribution in [1.29, 1.82) is 0 Å². The third-order valence-corrected chi connectivity index (χ3v) is 7.98. The van der Waals surface area contributed by atoms with Gasteiger partial charge in [0.2, 0.25) is 0 Å². The van der Waals surface area contributed by atoms with Crippen LogP contribution < -0.4 is 0 Å². The Labute approximate surface area is 200 Å². The van der Waals surface area contributed by atoms with Crippen LogP contribution in [0.25, 0.3) is 60.7 Å². The normalized spacial score (nSPS) is 13.5. The minimum atomic E-state index is 0.923. The predicted molar refractivity (Wildman–Crippen MR) is 140 cm³/mol. The molecule has 0 bridgehead atoms. The third-order valence-electron chi connectivity index (χ3n) is 7.98. The van der Waals surface area contributed by atoms with E-state index < -0.39 is 0 Å². The molecule has 0 atom stereocenters. The zero-order valence-corrected chi connectivity index (χ0v) is 18.8. The highest BCUT2D eigenvalue weighted by Crippen LogP contribution is 2.49. The van der Waals surface area contributed by atoms with Gasteiger partial charge >= 0.3 is 0 Å². The van der Waals surface area contributed by atoms with Crippen molar-refractivity contribution in [2.24, 2.45) is 0 Å². The van der Waals surface area contributed by atoms with Crippen LogP contribution in [0.4, 0.5) is 0 Å². The van der Waals surface area contributed by atoms with Crippen molar-refractivity contribution >= 4 is 38.5 Å². The van der Waals surface area contributed by atoms with Gasteiger partial charge in [-0.3, -0.25) is 14.4 Å². The standard InChI is InChI=1S/C31H18N4/c1-2-5-19-17(4-1)14-24-20(19)8-7-18-15-25-21(28(18)24)9-10-26-30(25)35-27-16-32-13-11-22(27)29-23(31(35)34-26)6-3-12-33-29/h1-13,16H,14-15H2. The van der Waals surface area contributed by atoms with Crippen molar-refractivity contribution in [3.05, 3.63) is 108 Å². The van der Waals surface area contributed by atoms with Gasteiger partial charge in [0, 0.05) is 29.6 Å². The summed E-state index contributed by atoms with van der Waals surface area (Å²) >= 11 is 0. The molecule has 0 aliphatic heterocycles. The third kappa shape index (κ3) is 2.11. The van der Waals surface area contributed by atoms with Gasteiger partial charge in [-0.15, -0.1) is 0 Å². The molecule has 4 heterocycles. The predicted octanol–water partition coefficient (Wildman–Crippen LogP) is 6.73. The van der Waals surface area contributed by atoms with Crippen molar-refractivity contribution in [1.82, 2.24) is 19.4 Å². The Bertz CT molecular complexity index is 2070. The lowest BCUT2D eigenvalue weighted by molar-refractivity contribution is 1.22. The molecular weight excluding hydrogens is 428 g/mol. The van der Waals surface area contributed by atoms with Gasteiger partial charge in [-0.1, -0.05) is 42.5 Å². The Morgan fingerprint density at radius 2 is 1.60 bits per heavy atom. The summed E-state index contributed by atoms with van der Waals surface area (Å²) < 4.78 is 2.32. The van der Waals surface area contributed by atoms with E-state index in [1.807, 2.05) is 24.7 Å². The van der Waals surface area contributed by atoms with E-state index >= 15 is 0 Å². The number of rotatable bonds is 0. The highest BCUT2D eigenvalue weighted by Gasteiger charge is 2.30. The van der Waals surface area contributed by atoms with Gasteiger partial charge in [-0.05, 0) is 75.2 Å². The molecule has 2 aliphatic rings. The van der Waals surface area contributed by atoms with Crippen molar-refractivity contribution in [2.45, 2.75) is 12.8 Å². The van der Waals surface area contributed by atoms with Crippen LogP contribution in [0.1, 0.15) is 22.3 Å². The fourth-order valence-electron chi connectivity index (χ4n) is 6.56. The maximum absolute atomic E-state index is 5.13. The van der Waals surface area contributed by atoms with E-state index in [-0.39, 0.29) is 0 Å². The van der Waals surface area contributed by atoms with Gasteiger partial charge < -0.3 is 0 Å². The lowest BCUT2D eigenvalue weighted by Gasteiger charge is -2.10. The molecule has 0 fully saturated rings. The molecular formula is C31H18N4. The van der Waals surface area contributed by atoms with Gasteiger partial charge in [0.1, 0.15) is 5.65 Å². The summed E-state index contributed by atoms with van der Waals surface area (Å²) in [6.07, 6.45) is 7.58. The van der Waals surface area contributed by atoms with E-state index in [9.17, 15) is 0 Å². The number of aromatic nitrogens is 4. The van der Waals surface area contributed by atoms with Crippen molar-refractivity contribution in [3.8, 4) is 22.3 Å². The minimum Gasteiger partial charge on any atom is -0.290 e. The average molecular weight is 447 g/mol. The van der Waals surface area contributed by atoms with Crippen LogP contribution in [0.15, 0.2) is 85.3 Å². The van der Waals surface area contributed by atoms with Gasteiger partial charge in [-0.25, -0.2) is 4.98 Å². The van der Waals surface area contributed by atoms with Crippen LogP contribution >= 0.6 is 0 Å². The molecule has 0 radical (unpaired) electrons. The summed E-state index contributed by atoms with van der Waals surface area (Å²) in [5, 5.41) is 2.18. The molecule has 35 heavy (non-hydrogen) atoms.